The summed E-state index contributed by atoms with van der Waals surface area (Å²) in [6, 6.07) is -0.810. The van der Waals surface area contributed by atoms with E-state index < -0.39 is 123 Å². The third-order valence-electron chi connectivity index (χ3n) is 12.2. The molecule has 0 aromatic rings. The Bertz CT molecular complexity index is 2310. The largest absolute Gasteiger partial charge is 0.479 e. The van der Waals surface area contributed by atoms with Crippen LogP contribution >= 0.6 is 0 Å². The third-order valence-corrected chi connectivity index (χ3v) is 49.2. The first-order valence-corrected chi connectivity index (χ1v) is 43.9. The van der Waals surface area contributed by atoms with Gasteiger partial charge in [-0.15, -0.1) is 0 Å². The lowest BCUT2D eigenvalue weighted by molar-refractivity contribution is -0.138. The highest BCUT2D eigenvalue weighted by molar-refractivity contribution is 6.99. The molecular formula is C49H78O27Si9. The van der Waals surface area contributed by atoms with Crippen molar-refractivity contribution in [3.63, 3.8) is 0 Å². The van der Waals surface area contributed by atoms with Gasteiger partial charge in [-0.05, 0) is 69.9 Å². The maximum Gasteiger partial charge on any atom is 0.479 e. The van der Waals surface area contributed by atoms with Gasteiger partial charge in [-0.3, -0.25) is 4.79 Å². The predicted octanol–water partition coefficient (Wildman–Crippen LogP) is 4.07. The Morgan fingerprint density at radius 2 is 0.600 bits per heavy atom. The zero-order chi connectivity index (χ0) is 62.3. The Kier molecular flexibility index (Phi) is 31.4. The standard InChI is InChI=1S/C49H78O27Si9/c1-9-42(50)26-17-18-35-82-68-79(36-20-28-59-44(52)11-3,65-77-34-19-27-58-43(51)10-2)69-83(39-23-31-62-47(55)14-6)71-81(38-22-30-61-46(54)13-5)67-78-66-80(70-82,37-21-29-60-45(53)12-4)72-84(73-81,40-24-32-63-48(56)15-7)76-85(74-82,75-83)41-25-33-64-49(57)16-8/h9-16H,1-8,17-41,77-78H2. The fourth-order valence-electron chi connectivity index (χ4n) is 8.49. The molecule has 0 amide bonds. The van der Waals surface area contributed by atoms with Gasteiger partial charge < -0.3 is 82.5 Å². The monoisotopic (exact) mass is 1350 g/mol. The Labute approximate surface area is 507 Å². The smallest absolute Gasteiger partial charge is 0.463 e. The minimum absolute atomic E-state index is 0.00459. The van der Waals surface area contributed by atoms with E-state index in [1.807, 2.05) is 0 Å². The number of unbranched alkanes of at least 4 members (excludes halogenated alkanes) is 1. The van der Waals surface area contributed by atoms with E-state index in [4.69, 9.17) is 82.5 Å². The summed E-state index contributed by atoms with van der Waals surface area (Å²) >= 11 is 0. The Morgan fingerprint density at radius 1 is 0.329 bits per heavy atom. The van der Waals surface area contributed by atoms with Gasteiger partial charge in [0.15, 0.2) is 15.5 Å². The van der Waals surface area contributed by atoms with E-state index in [0.717, 1.165) is 42.5 Å². The van der Waals surface area contributed by atoms with E-state index >= 15 is 0 Å². The Hall–Kier alpha value is -4.65. The highest BCUT2D eigenvalue weighted by Crippen LogP contribution is 2.50. The van der Waals surface area contributed by atoms with Crippen molar-refractivity contribution in [1.82, 2.24) is 0 Å². The van der Waals surface area contributed by atoms with Crippen LogP contribution in [0.15, 0.2) is 101 Å². The zero-order valence-corrected chi connectivity index (χ0v) is 57.7. The number of carbonyl (C=O) groups excluding carboxylic acids is 8. The molecule has 472 valence electrons. The number of carbonyl (C=O) groups is 8. The molecule has 4 aliphatic heterocycles. The molecule has 7 unspecified atom stereocenters. The van der Waals surface area contributed by atoms with Gasteiger partial charge >= 0.3 is 103 Å². The van der Waals surface area contributed by atoms with Gasteiger partial charge in [0.1, 0.15) is 0 Å². The van der Waals surface area contributed by atoms with Crippen molar-refractivity contribution in [3.05, 3.63) is 101 Å². The van der Waals surface area contributed by atoms with Crippen LogP contribution in [0.4, 0.5) is 0 Å². The summed E-state index contributed by atoms with van der Waals surface area (Å²) < 4.78 is 128. The number of rotatable bonds is 43. The second-order valence-electron chi connectivity index (χ2n) is 18.8. The van der Waals surface area contributed by atoms with Gasteiger partial charge in [-0.2, -0.15) is 0 Å². The first-order valence-electron chi connectivity index (χ1n) is 27.6. The lowest BCUT2D eigenvalue weighted by Gasteiger charge is -2.59. The summed E-state index contributed by atoms with van der Waals surface area (Å²) in [6.45, 7) is 26.8. The van der Waals surface area contributed by atoms with Crippen LogP contribution in [0.2, 0.25) is 48.4 Å². The summed E-state index contributed by atoms with van der Waals surface area (Å²) in [7, 11) is -37.6. The summed E-state index contributed by atoms with van der Waals surface area (Å²) in [6.07, 6.45) is 8.99. The number of fused-ring (bicyclic) bond motifs is 4. The first kappa shape index (κ1) is 72.8. The van der Waals surface area contributed by atoms with Crippen molar-refractivity contribution in [2.45, 2.75) is 113 Å². The number of allylic oxidation sites excluding steroid dienone is 1. The van der Waals surface area contributed by atoms with Crippen LogP contribution in [0.25, 0.3) is 0 Å². The fourth-order valence-corrected chi connectivity index (χ4v) is 55.9. The van der Waals surface area contributed by atoms with Crippen LogP contribution in [-0.2, 0) is 121 Å². The Morgan fingerprint density at radius 3 is 0.918 bits per heavy atom. The van der Waals surface area contributed by atoms with Crippen LogP contribution in [0.1, 0.15) is 64.2 Å². The molecule has 6 bridgehead atoms. The lowest BCUT2D eigenvalue weighted by atomic mass is 10.2. The normalized spacial score (nSPS) is 26.9. The SMILES string of the molecule is C=CC(=O)CCCC[Si]12O[Si](CCCOC(=O)C=C)(O[SiH2]CCCOC(=O)C=C)O[Si]3(CCCOC(=O)C=C)O[Si]4(CCCOC(=O)C=C)O[SiH2]O[Si](CCCOC(=O)C=C)(O1)O[Si](CCCOC(=O)C=C)(O4)O[Si](CCCOC(=O)C=C)(O2)O3. The van der Waals surface area contributed by atoms with Gasteiger partial charge in [-0.25, -0.2) is 33.6 Å². The van der Waals surface area contributed by atoms with Crippen molar-refractivity contribution in [3.8, 4) is 0 Å². The minimum Gasteiger partial charge on any atom is -0.463 e. The summed E-state index contributed by atoms with van der Waals surface area (Å²) in [5, 5.41) is 0. The highest BCUT2D eigenvalue weighted by Gasteiger charge is 2.78. The van der Waals surface area contributed by atoms with Crippen molar-refractivity contribution in [2.75, 3.05) is 46.2 Å². The molecule has 0 aliphatic carbocycles. The van der Waals surface area contributed by atoms with Crippen molar-refractivity contribution < 1.29 is 121 Å². The van der Waals surface area contributed by atoms with Crippen molar-refractivity contribution >= 4 is 129 Å². The van der Waals surface area contributed by atoms with E-state index in [1.165, 1.54) is 6.08 Å². The number of ether oxygens (including phenoxy) is 7. The second-order valence-corrected chi connectivity index (χ2v) is 44.0. The molecule has 0 N–H and O–H groups in total. The molecule has 0 aromatic heterocycles. The van der Waals surface area contributed by atoms with Gasteiger partial charge in [0, 0.05) is 91.3 Å². The topological polar surface area (TPSA) is 312 Å². The first-order chi connectivity index (χ1) is 40.7. The molecule has 0 saturated carbocycles. The van der Waals surface area contributed by atoms with Crippen molar-refractivity contribution in [1.29, 1.82) is 0 Å². The van der Waals surface area contributed by atoms with Gasteiger partial charge in [-0.1, -0.05) is 52.6 Å². The molecule has 7 atom stereocenters. The van der Waals surface area contributed by atoms with E-state index in [-0.39, 0.29) is 152 Å². The Balaban J connectivity index is 2.19. The van der Waals surface area contributed by atoms with Crippen molar-refractivity contribution in [2.24, 2.45) is 0 Å². The van der Waals surface area contributed by atoms with E-state index in [1.54, 1.807) is 0 Å². The van der Waals surface area contributed by atoms with E-state index in [9.17, 15) is 38.4 Å². The predicted molar refractivity (Wildman–Crippen MR) is 318 cm³/mol. The maximum atomic E-state index is 12.8. The molecule has 0 spiro atoms. The minimum atomic E-state index is -4.89. The average molecular weight is 1350 g/mol. The molecular weight excluding hydrogens is 1270 g/mol. The lowest BCUT2D eigenvalue weighted by Crippen LogP contribution is -2.83. The molecule has 4 saturated heterocycles. The second kappa shape index (κ2) is 36.6. The highest BCUT2D eigenvalue weighted by atomic mass is 28.6. The molecule has 36 heteroatoms. The molecule has 4 fully saturated rings. The molecule has 4 aliphatic rings. The zero-order valence-electron chi connectivity index (χ0n) is 47.9. The van der Waals surface area contributed by atoms with Gasteiger partial charge in [0.25, 0.3) is 10.0 Å². The molecule has 27 nitrogen and oxygen atoms in total. The molecule has 4 rings (SSSR count). The molecule has 0 aromatic carbocycles. The van der Waals surface area contributed by atoms with E-state index in [0.29, 0.717) is 12.5 Å². The molecule has 4 heterocycles. The summed E-state index contributed by atoms with van der Waals surface area (Å²) in [5.74, 6) is -5.26. The fraction of sp³-hybridized carbons (Fsp3) is 0.510. The van der Waals surface area contributed by atoms with Crippen LogP contribution in [-0.4, -0.2) is 175 Å². The van der Waals surface area contributed by atoms with E-state index in [2.05, 4.69) is 52.6 Å². The van der Waals surface area contributed by atoms with Crippen LogP contribution < -0.4 is 0 Å². The number of ketones is 1. The third kappa shape index (κ3) is 24.4. The average Bonchev–Trinajstić information content (AvgIpc) is 0.924. The number of hydrogen-bond donors (Lipinski definition) is 0. The van der Waals surface area contributed by atoms with Gasteiger partial charge in [0.05, 0.1) is 46.2 Å². The molecule has 85 heavy (non-hydrogen) atoms. The summed E-state index contributed by atoms with van der Waals surface area (Å²) in [5.41, 5.74) is 0. The number of hydrogen-bond acceptors (Lipinski definition) is 27. The van der Waals surface area contributed by atoms with Crippen LogP contribution in [0.5, 0.6) is 0 Å². The van der Waals surface area contributed by atoms with Crippen LogP contribution in [0.3, 0.4) is 0 Å². The van der Waals surface area contributed by atoms with Gasteiger partial charge in [0.2, 0.25) is 0 Å². The summed E-state index contributed by atoms with van der Waals surface area (Å²) in [4.78, 5) is 100. The maximum absolute atomic E-state index is 12.8. The quantitative estimate of drug-likeness (QED) is 0.0273. The molecule has 0 radical (unpaired) electrons. The number of esters is 7. The van der Waals surface area contributed by atoms with Crippen LogP contribution in [0, 0.1) is 0 Å².